The fraction of sp³-hybridized carbons (Fsp3) is 0.615. The number of rotatable bonds is 4. The molecule has 1 saturated heterocycles. The molecule has 0 spiro atoms. The zero-order valence-corrected chi connectivity index (χ0v) is 11.1. The molecule has 1 aromatic rings. The van der Waals surface area contributed by atoms with Crippen LogP contribution in [0.15, 0.2) is 18.6 Å². The molecule has 19 heavy (non-hydrogen) atoms. The van der Waals surface area contributed by atoms with E-state index in [9.17, 15) is 4.79 Å². The Kier molecular flexibility index (Phi) is 5.23. The van der Waals surface area contributed by atoms with E-state index in [1.807, 2.05) is 11.0 Å². The van der Waals surface area contributed by atoms with E-state index < -0.39 is 0 Å². The first kappa shape index (κ1) is 13.9. The highest BCUT2D eigenvalue weighted by Gasteiger charge is 2.22. The van der Waals surface area contributed by atoms with Crippen LogP contribution in [0.4, 0.5) is 0 Å². The van der Waals surface area contributed by atoms with Gasteiger partial charge in [0.15, 0.2) is 0 Å². The molecule has 1 atom stereocenters. The van der Waals surface area contributed by atoms with Gasteiger partial charge in [-0.25, -0.2) is 9.97 Å². The molecule has 1 aliphatic heterocycles. The fourth-order valence-electron chi connectivity index (χ4n) is 2.18. The molecule has 1 aliphatic rings. The minimum Gasteiger partial charge on any atom is -0.379 e. The molecule has 104 valence electrons. The van der Waals surface area contributed by atoms with Crippen LogP contribution in [0.1, 0.15) is 5.69 Å². The summed E-state index contributed by atoms with van der Waals surface area (Å²) in [7, 11) is 1.53. The van der Waals surface area contributed by atoms with Gasteiger partial charge in [-0.15, -0.1) is 0 Å². The van der Waals surface area contributed by atoms with E-state index in [1.165, 1.54) is 7.11 Å². The second-order valence-corrected chi connectivity index (χ2v) is 4.62. The van der Waals surface area contributed by atoms with Crippen LogP contribution in [0, 0.1) is 5.92 Å². The molecule has 1 amide bonds. The third kappa shape index (κ3) is 4.25. The van der Waals surface area contributed by atoms with Crippen LogP contribution in [-0.4, -0.2) is 60.8 Å². The predicted molar refractivity (Wildman–Crippen MR) is 68.5 cm³/mol. The van der Waals surface area contributed by atoms with Crippen molar-refractivity contribution in [3.8, 4) is 0 Å². The number of hydrogen-bond donors (Lipinski definition) is 0. The van der Waals surface area contributed by atoms with Crippen LogP contribution >= 0.6 is 0 Å². The number of carbonyl (C=O) groups is 1. The maximum absolute atomic E-state index is 11.9. The van der Waals surface area contributed by atoms with Gasteiger partial charge >= 0.3 is 0 Å². The van der Waals surface area contributed by atoms with E-state index in [2.05, 4.69) is 9.97 Å². The van der Waals surface area contributed by atoms with Gasteiger partial charge in [-0.1, -0.05) is 0 Å². The van der Waals surface area contributed by atoms with Gasteiger partial charge in [0, 0.05) is 38.0 Å². The lowest BCUT2D eigenvalue weighted by Crippen LogP contribution is -2.38. The van der Waals surface area contributed by atoms with Gasteiger partial charge < -0.3 is 14.4 Å². The Morgan fingerprint density at radius 3 is 3.26 bits per heavy atom. The highest BCUT2D eigenvalue weighted by molar-refractivity contribution is 5.77. The summed E-state index contributed by atoms with van der Waals surface area (Å²) in [6.45, 7) is 2.67. The second kappa shape index (κ2) is 7.16. The third-order valence-electron chi connectivity index (χ3n) is 3.10. The van der Waals surface area contributed by atoms with Crippen LogP contribution in [0.2, 0.25) is 0 Å². The van der Waals surface area contributed by atoms with Crippen molar-refractivity contribution < 1.29 is 14.3 Å². The van der Waals surface area contributed by atoms with E-state index in [1.54, 1.807) is 12.5 Å². The first-order valence-corrected chi connectivity index (χ1v) is 6.39. The molecular formula is C13H19N3O3. The standard InChI is InChI=1S/C13H19N3O3/c1-18-9-13(17)16-4-5-19-8-11(7-16)6-12-2-3-14-10-15-12/h2-3,10-11H,4-9H2,1H3/t11-/m0/s1. The Morgan fingerprint density at radius 2 is 2.53 bits per heavy atom. The van der Waals surface area contributed by atoms with Gasteiger partial charge in [-0.05, 0) is 12.5 Å². The van der Waals surface area contributed by atoms with E-state index in [0.29, 0.717) is 26.3 Å². The van der Waals surface area contributed by atoms with Gasteiger partial charge in [0.1, 0.15) is 12.9 Å². The van der Waals surface area contributed by atoms with Gasteiger partial charge in [0.2, 0.25) is 5.91 Å². The van der Waals surface area contributed by atoms with Crippen molar-refractivity contribution in [1.29, 1.82) is 0 Å². The summed E-state index contributed by atoms with van der Waals surface area (Å²) in [5.74, 6) is 0.277. The first-order chi connectivity index (χ1) is 9.29. The molecule has 6 nitrogen and oxygen atoms in total. The smallest absolute Gasteiger partial charge is 0.248 e. The monoisotopic (exact) mass is 265 g/mol. The summed E-state index contributed by atoms with van der Waals surface area (Å²) in [6, 6.07) is 1.90. The largest absolute Gasteiger partial charge is 0.379 e. The summed E-state index contributed by atoms with van der Waals surface area (Å²) in [5.41, 5.74) is 0.977. The maximum Gasteiger partial charge on any atom is 0.248 e. The van der Waals surface area contributed by atoms with E-state index >= 15 is 0 Å². The molecule has 1 aromatic heterocycles. The summed E-state index contributed by atoms with van der Waals surface area (Å²) in [4.78, 5) is 21.8. The zero-order chi connectivity index (χ0) is 13.5. The highest BCUT2D eigenvalue weighted by atomic mass is 16.5. The normalized spacial score (nSPS) is 20.1. The van der Waals surface area contributed by atoms with Crippen LogP contribution < -0.4 is 0 Å². The number of nitrogens with zero attached hydrogens (tertiary/aromatic N) is 3. The Bertz CT molecular complexity index is 399. The Labute approximate surface area is 112 Å². The highest BCUT2D eigenvalue weighted by Crippen LogP contribution is 2.12. The summed E-state index contributed by atoms with van der Waals surface area (Å²) < 4.78 is 10.5. The molecule has 0 aromatic carbocycles. The van der Waals surface area contributed by atoms with Gasteiger partial charge in [0.05, 0.1) is 13.2 Å². The average molecular weight is 265 g/mol. The molecule has 0 unspecified atom stereocenters. The minimum absolute atomic E-state index is 0.0145. The first-order valence-electron chi connectivity index (χ1n) is 6.39. The Balaban J connectivity index is 1.94. The van der Waals surface area contributed by atoms with E-state index in [4.69, 9.17) is 9.47 Å². The molecule has 0 saturated carbocycles. The lowest BCUT2D eigenvalue weighted by Gasteiger charge is -2.23. The summed E-state index contributed by atoms with van der Waals surface area (Å²) in [6.07, 6.45) is 4.06. The average Bonchev–Trinajstić information content (AvgIpc) is 2.66. The second-order valence-electron chi connectivity index (χ2n) is 4.62. The molecule has 0 N–H and O–H groups in total. The Morgan fingerprint density at radius 1 is 1.63 bits per heavy atom. The van der Waals surface area contributed by atoms with Crippen molar-refractivity contribution >= 4 is 5.91 Å². The Hall–Kier alpha value is -1.53. The van der Waals surface area contributed by atoms with Crippen LogP contribution in [0.25, 0.3) is 0 Å². The molecule has 1 fully saturated rings. The number of methoxy groups -OCH3 is 1. The number of ether oxygens (including phenoxy) is 2. The third-order valence-corrected chi connectivity index (χ3v) is 3.10. The summed E-state index contributed by atoms with van der Waals surface area (Å²) >= 11 is 0. The fourth-order valence-corrected chi connectivity index (χ4v) is 2.18. The number of amides is 1. The van der Waals surface area contributed by atoms with Crippen molar-refractivity contribution in [3.05, 3.63) is 24.3 Å². The van der Waals surface area contributed by atoms with Crippen molar-refractivity contribution in [2.24, 2.45) is 5.92 Å². The number of hydrogen-bond acceptors (Lipinski definition) is 5. The van der Waals surface area contributed by atoms with Crippen LogP contribution in [0.3, 0.4) is 0 Å². The zero-order valence-electron chi connectivity index (χ0n) is 11.1. The molecular weight excluding hydrogens is 246 g/mol. The number of carbonyl (C=O) groups excluding carboxylic acids is 1. The molecule has 0 bridgehead atoms. The quantitative estimate of drug-likeness (QED) is 0.775. The molecule has 0 aliphatic carbocycles. The summed E-state index contributed by atoms with van der Waals surface area (Å²) in [5, 5.41) is 0. The molecule has 2 rings (SSSR count). The molecule has 6 heteroatoms. The van der Waals surface area contributed by atoms with Crippen LogP contribution in [-0.2, 0) is 20.7 Å². The van der Waals surface area contributed by atoms with Crippen molar-refractivity contribution in [2.75, 3.05) is 40.0 Å². The maximum atomic E-state index is 11.9. The topological polar surface area (TPSA) is 64.5 Å². The number of aromatic nitrogens is 2. The predicted octanol–water partition coefficient (Wildman–Crippen LogP) is 0.140. The van der Waals surface area contributed by atoms with Gasteiger partial charge in [0.25, 0.3) is 0 Å². The SMILES string of the molecule is COCC(=O)N1CCOC[C@@H](Cc2ccncn2)C1. The van der Waals surface area contributed by atoms with Gasteiger partial charge in [-0.3, -0.25) is 4.79 Å². The minimum atomic E-state index is 0.0145. The van der Waals surface area contributed by atoms with Gasteiger partial charge in [-0.2, -0.15) is 0 Å². The lowest BCUT2D eigenvalue weighted by molar-refractivity contribution is -0.135. The van der Waals surface area contributed by atoms with Crippen molar-refractivity contribution in [3.63, 3.8) is 0 Å². The van der Waals surface area contributed by atoms with E-state index in [-0.39, 0.29) is 18.4 Å². The van der Waals surface area contributed by atoms with Crippen molar-refractivity contribution in [2.45, 2.75) is 6.42 Å². The van der Waals surface area contributed by atoms with E-state index in [0.717, 1.165) is 12.1 Å². The van der Waals surface area contributed by atoms with Crippen molar-refractivity contribution in [1.82, 2.24) is 14.9 Å². The molecule has 0 radical (unpaired) electrons. The van der Waals surface area contributed by atoms with Crippen LogP contribution in [0.5, 0.6) is 0 Å². The lowest BCUT2D eigenvalue weighted by atomic mass is 10.0. The molecule has 2 heterocycles.